The molecule has 0 aliphatic heterocycles. The lowest BCUT2D eigenvalue weighted by molar-refractivity contribution is -0.122. The molecule has 5 aromatic rings. The Labute approximate surface area is 243 Å². The number of Topliss-reactive ketones (excluding diaryl/α,β-unsaturated/α-hetero) is 2. The van der Waals surface area contributed by atoms with Crippen LogP contribution in [-0.4, -0.2) is 65.2 Å². The second-order valence-electron chi connectivity index (χ2n) is 8.93. The van der Waals surface area contributed by atoms with Crippen molar-refractivity contribution in [3.05, 3.63) is 96.0 Å². The third-order valence-corrected chi connectivity index (χ3v) is 6.70. The molecule has 3 aromatic heterocycles. The van der Waals surface area contributed by atoms with Gasteiger partial charge in [0.15, 0.2) is 21.4 Å². The van der Waals surface area contributed by atoms with Crippen LogP contribution in [0, 0.1) is 11.6 Å². The van der Waals surface area contributed by atoms with Gasteiger partial charge in [0.05, 0.1) is 23.3 Å². The number of pyridine rings is 1. The molecular formula is C28H23F2N5O7S. The van der Waals surface area contributed by atoms with Crippen LogP contribution in [0.1, 0.15) is 22.1 Å². The molecule has 222 valence electrons. The van der Waals surface area contributed by atoms with E-state index in [1.54, 1.807) is 24.3 Å². The van der Waals surface area contributed by atoms with E-state index in [1.165, 1.54) is 31.6 Å². The number of hydrogen-bond acceptors (Lipinski definition) is 12. The van der Waals surface area contributed by atoms with Gasteiger partial charge in [0.25, 0.3) is 0 Å². The maximum Gasteiger partial charge on any atom is 0.234 e. The highest BCUT2D eigenvalue weighted by Crippen LogP contribution is 2.22. The number of methoxy groups -OCH3 is 1. The minimum absolute atomic E-state index is 0.0284. The van der Waals surface area contributed by atoms with E-state index >= 15 is 0 Å². The van der Waals surface area contributed by atoms with Gasteiger partial charge >= 0.3 is 0 Å². The van der Waals surface area contributed by atoms with Crippen LogP contribution in [0.5, 0.6) is 0 Å². The van der Waals surface area contributed by atoms with E-state index in [4.69, 9.17) is 9.05 Å². The van der Waals surface area contributed by atoms with Crippen molar-refractivity contribution in [2.75, 3.05) is 20.0 Å². The summed E-state index contributed by atoms with van der Waals surface area (Å²) in [6, 6.07) is 12.4. The van der Waals surface area contributed by atoms with Gasteiger partial charge in [-0.25, -0.2) is 17.2 Å². The Bertz CT molecular complexity index is 1840. The van der Waals surface area contributed by atoms with Crippen LogP contribution < -0.4 is 0 Å². The van der Waals surface area contributed by atoms with E-state index in [2.05, 4.69) is 30.0 Å². The topological polar surface area (TPSA) is 168 Å². The highest BCUT2D eigenvalue weighted by atomic mass is 32.2. The van der Waals surface area contributed by atoms with E-state index in [1.807, 2.05) is 0 Å². The molecule has 2 aromatic carbocycles. The predicted octanol–water partition coefficient (Wildman–Crippen LogP) is 3.73. The fraction of sp³-hybridized carbons (Fsp3) is 0.179. The molecule has 0 radical (unpaired) electrons. The summed E-state index contributed by atoms with van der Waals surface area (Å²) in [4.78, 5) is 35.4. The number of benzene rings is 2. The van der Waals surface area contributed by atoms with Crippen LogP contribution in [0.4, 0.5) is 8.78 Å². The molecule has 0 N–H and O–H groups in total. The van der Waals surface area contributed by atoms with E-state index in [9.17, 15) is 26.8 Å². The second-order valence-corrected chi connectivity index (χ2v) is 10.9. The first-order valence-electron chi connectivity index (χ1n) is 12.4. The Morgan fingerprint density at radius 1 is 0.884 bits per heavy atom. The molecular weight excluding hydrogens is 588 g/mol. The van der Waals surface area contributed by atoms with Crippen molar-refractivity contribution in [2.24, 2.45) is 0 Å². The molecule has 5 rings (SSSR count). The number of rotatable bonds is 10. The lowest BCUT2D eigenvalue weighted by Gasteiger charge is -1.99. The van der Waals surface area contributed by atoms with Gasteiger partial charge in [0.2, 0.25) is 23.4 Å². The lowest BCUT2D eigenvalue weighted by atomic mass is 10.1. The molecule has 0 atom stereocenters. The van der Waals surface area contributed by atoms with Crippen molar-refractivity contribution < 1.29 is 40.6 Å². The van der Waals surface area contributed by atoms with Crippen LogP contribution in [0.3, 0.4) is 0 Å². The Kier molecular flexibility index (Phi) is 9.90. The van der Waals surface area contributed by atoms with Gasteiger partial charge in [-0.3, -0.25) is 14.6 Å². The average Bonchev–Trinajstić information content (AvgIpc) is 3.65. The minimum Gasteiger partial charge on any atom is -0.377 e. The van der Waals surface area contributed by atoms with Gasteiger partial charge in [-0.15, -0.1) is 0 Å². The van der Waals surface area contributed by atoms with Crippen molar-refractivity contribution in [2.45, 2.75) is 17.7 Å². The van der Waals surface area contributed by atoms with Crippen molar-refractivity contribution in [1.29, 1.82) is 0 Å². The van der Waals surface area contributed by atoms with Gasteiger partial charge in [-0.1, -0.05) is 22.4 Å². The maximum absolute atomic E-state index is 13.5. The molecule has 0 aliphatic rings. The monoisotopic (exact) mass is 611 g/mol. The molecule has 0 aliphatic carbocycles. The molecule has 0 saturated heterocycles. The summed E-state index contributed by atoms with van der Waals surface area (Å²) >= 11 is 0. The van der Waals surface area contributed by atoms with Gasteiger partial charge in [-0.2, -0.15) is 9.97 Å². The lowest BCUT2D eigenvalue weighted by Crippen LogP contribution is -2.09. The first-order chi connectivity index (χ1) is 20.5. The van der Waals surface area contributed by atoms with Gasteiger partial charge in [0, 0.05) is 36.9 Å². The van der Waals surface area contributed by atoms with Gasteiger partial charge in [-0.05, 0) is 42.5 Å². The summed E-state index contributed by atoms with van der Waals surface area (Å²) in [5.41, 5.74) is 0.891. The zero-order chi connectivity index (χ0) is 31.0. The molecule has 0 fully saturated rings. The number of aromatic nitrogens is 5. The predicted molar refractivity (Wildman–Crippen MR) is 145 cm³/mol. The molecule has 0 bridgehead atoms. The van der Waals surface area contributed by atoms with Crippen molar-refractivity contribution >= 4 is 21.4 Å². The summed E-state index contributed by atoms with van der Waals surface area (Å²) in [6.07, 6.45) is 4.04. The smallest absolute Gasteiger partial charge is 0.234 e. The summed E-state index contributed by atoms with van der Waals surface area (Å²) in [5, 5.41) is 7.33. The Balaban J connectivity index is 0.000000203. The standard InChI is InChI=1S/C16H13N3O4S.C12H10F2N2O3/c1-24(21,22)13-4-2-3-12(9-13)16-18-15(23-19-16)10-14(20)11-5-7-17-8-6-11;1-18-6-8(17)5-11-15-12(16-19-11)9-4-7(13)2-3-10(9)14/h2-9H,10H2,1H3;2-4H,5-6H2,1H3. The molecule has 15 heteroatoms. The highest BCUT2D eigenvalue weighted by molar-refractivity contribution is 7.90. The number of sulfone groups is 1. The number of ether oxygens (including phenoxy) is 1. The van der Waals surface area contributed by atoms with Crippen LogP contribution in [-0.2, 0) is 32.2 Å². The molecule has 0 spiro atoms. The quantitative estimate of drug-likeness (QED) is 0.210. The number of nitrogens with zero attached hydrogens (tertiary/aromatic N) is 5. The summed E-state index contributed by atoms with van der Waals surface area (Å²) < 4.78 is 64.3. The zero-order valence-electron chi connectivity index (χ0n) is 22.7. The van der Waals surface area contributed by atoms with Crippen molar-refractivity contribution in [3.63, 3.8) is 0 Å². The maximum atomic E-state index is 13.5. The highest BCUT2D eigenvalue weighted by Gasteiger charge is 2.17. The zero-order valence-corrected chi connectivity index (χ0v) is 23.5. The molecule has 0 unspecified atom stereocenters. The number of carbonyl (C=O) groups excluding carboxylic acids is 2. The summed E-state index contributed by atoms with van der Waals surface area (Å²) in [6.45, 7) is -0.0773. The molecule has 0 saturated carbocycles. The normalized spacial score (nSPS) is 11.1. The summed E-state index contributed by atoms with van der Waals surface area (Å²) in [7, 11) is -1.94. The Morgan fingerprint density at radius 3 is 2.26 bits per heavy atom. The average molecular weight is 612 g/mol. The van der Waals surface area contributed by atoms with Crippen molar-refractivity contribution in [1.82, 2.24) is 25.3 Å². The van der Waals surface area contributed by atoms with E-state index < -0.39 is 21.5 Å². The van der Waals surface area contributed by atoms with Crippen LogP contribution >= 0.6 is 0 Å². The fourth-order valence-electron chi connectivity index (χ4n) is 3.57. The molecule has 0 amide bonds. The second kappa shape index (κ2) is 13.8. The minimum atomic E-state index is -3.33. The van der Waals surface area contributed by atoms with Crippen molar-refractivity contribution in [3.8, 4) is 22.8 Å². The number of carbonyl (C=O) groups is 2. The first kappa shape index (κ1) is 30.9. The van der Waals surface area contributed by atoms with Gasteiger partial charge < -0.3 is 13.8 Å². The van der Waals surface area contributed by atoms with E-state index in [0.717, 1.165) is 24.5 Å². The SMILES string of the molecule is COCC(=O)Cc1nc(-c2cc(F)ccc2F)no1.CS(=O)(=O)c1cccc(-c2noc(CC(=O)c3ccncc3)n2)c1. The van der Waals surface area contributed by atoms with Crippen LogP contribution in [0.25, 0.3) is 22.8 Å². The van der Waals surface area contributed by atoms with E-state index in [-0.39, 0.29) is 64.9 Å². The van der Waals surface area contributed by atoms with Crippen LogP contribution in [0.15, 0.2) is 80.9 Å². The number of hydrogen-bond donors (Lipinski definition) is 0. The Hall–Kier alpha value is -5.02. The van der Waals surface area contributed by atoms with Gasteiger partial charge in [0.1, 0.15) is 18.2 Å². The fourth-order valence-corrected chi connectivity index (χ4v) is 4.24. The molecule has 12 nitrogen and oxygen atoms in total. The largest absolute Gasteiger partial charge is 0.377 e. The Morgan fingerprint density at radius 2 is 1.56 bits per heavy atom. The summed E-state index contributed by atoms with van der Waals surface area (Å²) in [5.74, 6) is -1.38. The van der Waals surface area contributed by atoms with Crippen LogP contribution in [0.2, 0.25) is 0 Å². The third-order valence-electron chi connectivity index (χ3n) is 5.59. The first-order valence-corrected chi connectivity index (χ1v) is 14.3. The third kappa shape index (κ3) is 8.50. The molecule has 3 heterocycles. The van der Waals surface area contributed by atoms with E-state index in [0.29, 0.717) is 11.1 Å². The number of halogens is 2. The molecule has 43 heavy (non-hydrogen) atoms. The number of ketones is 2.